The molecule has 244 valence electrons. The lowest BCUT2D eigenvalue weighted by Gasteiger charge is -2.33. The van der Waals surface area contributed by atoms with Crippen molar-refractivity contribution in [2.24, 2.45) is 0 Å². The van der Waals surface area contributed by atoms with E-state index in [4.69, 9.17) is 18.9 Å². The van der Waals surface area contributed by atoms with Crippen LogP contribution in [-0.4, -0.2) is 100 Å². The van der Waals surface area contributed by atoms with Crippen molar-refractivity contribution in [1.29, 1.82) is 0 Å². The zero-order valence-electron chi connectivity index (χ0n) is 28.2. The van der Waals surface area contributed by atoms with Gasteiger partial charge in [-0.3, -0.25) is 9.59 Å². The summed E-state index contributed by atoms with van der Waals surface area (Å²) in [6.45, 7) is 21.9. The van der Waals surface area contributed by atoms with E-state index in [0.717, 1.165) is 38.8 Å². The Hall–Kier alpha value is -1.30. The number of rotatable bonds is 25. The van der Waals surface area contributed by atoms with Crippen molar-refractivity contribution in [2.75, 3.05) is 60.2 Å². The van der Waals surface area contributed by atoms with Crippen LogP contribution in [0.2, 0.25) is 0 Å². The predicted molar refractivity (Wildman–Crippen MR) is 166 cm³/mol. The summed E-state index contributed by atoms with van der Waals surface area (Å²) in [5.41, 5.74) is -1.34. The number of carbonyl (C=O) groups is 2. The number of carbonyl (C=O) groups excluding carboxylic acids is 2. The van der Waals surface area contributed by atoms with Crippen molar-refractivity contribution in [2.45, 2.75) is 129 Å². The van der Waals surface area contributed by atoms with E-state index in [1.54, 1.807) is 6.92 Å². The first-order chi connectivity index (χ1) is 19.1. The zero-order chi connectivity index (χ0) is 31.6. The molecule has 0 radical (unpaired) electrons. The fourth-order valence-electron chi connectivity index (χ4n) is 4.10. The van der Waals surface area contributed by atoms with E-state index in [0.29, 0.717) is 39.2 Å². The standard InChI is InChI=1S/C31H64N4O6/c1-12-29(7,39-20-16-28(5,6)38-22-19-32-10)15-18-34-27(37)25(4)35-26(36)23-41-30(8,13-2)17-21-40-31(9,14-3)24-33-11/h25,32-33H,12-24H2,1-11H3,(H,34,37)(H,35,36)/t25-,29?,30?,31?/m0/s1. The highest BCUT2D eigenvalue weighted by atomic mass is 16.5. The van der Waals surface area contributed by atoms with Gasteiger partial charge in [-0.05, 0) is 94.2 Å². The Labute approximate surface area is 251 Å². The van der Waals surface area contributed by atoms with Crippen LogP contribution in [0.15, 0.2) is 0 Å². The molecular weight excluding hydrogens is 524 g/mol. The minimum atomic E-state index is -0.668. The average Bonchev–Trinajstić information content (AvgIpc) is 2.92. The van der Waals surface area contributed by atoms with Crippen molar-refractivity contribution < 1.29 is 28.5 Å². The zero-order valence-corrected chi connectivity index (χ0v) is 28.2. The van der Waals surface area contributed by atoms with Crippen LogP contribution < -0.4 is 21.3 Å². The van der Waals surface area contributed by atoms with Gasteiger partial charge in [0, 0.05) is 19.6 Å². The number of nitrogens with one attached hydrogen (secondary N) is 4. The summed E-state index contributed by atoms with van der Waals surface area (Å²) in [6, 6.07) is -0.668. The van der Waals surface area contributed by atoms with Gasteiger partial charge in [0.05, 0.1) is 42.2 Å². The molecular formula is C31H64N4O6. The summed E-state index contributed by atoms with van der Waals surface area (Å²) in [4.78, 5) is 25.2. The van der Waals surface area contributed by atoms with E-state index in [2.05, 4.69) is 62.8 Å². The second-order valence-corrected chi connectivity index (χ2v) is 12.5. The van der Waals surface area contributed by atoms with Gasteiger partial charge >= 0.3 is 0 Å². The van der Waals surface area contributed by atoms with Crippen molar-refractivity contribution in [3.63, 3.8) is 0 Å². The lowest BCUT2D eigenvalue weighted by Crippen LogP contribution is -2.48. The third-order valence-corrected chi connectivity index (χ3v) is 8.15. The van der Waals surface area contributed by atoms with Crippen molar-refractivity contribution in [3.05, 3.63) is 0 Å². The lowest BCUT2D eigenvalue weighted by atomic mass is 9.98. The molecule has 0 saturated carbocycles. The Morgan fingerprint density at radius 2 is 1.24 bits per heavy atom. The van der Waals surface area contributed by atoms with E-state index < -0.39 is 11.6 Å². The fraction of sp³-hybridized carbons (Fsp3) is 0.935. The first kappa shape index (κ1) is 39.7. The summed E-state index contributed by atoms with van der Waals surface area (Å²) < 4.78 is 24.3. The van der Waals surface area contributed by atoms with E-state index >= 15 is 0 Å². The van der Waals surface area contributed by atoms with Crippen molar-refractivity contribution in [1.82, 2.24) is 21.3 Å². The van der Waals surface area contributed by atoms with Crippen LogP contribution >= 0.6 is 0 Å². The number of hydrogen-bond acceptors (Lipinski definition) is 8. The molecule has 41 heavy (non-hydrogen) atoms. The van der Waals surface area contributed by atoms with Gasteiger partial charge in [-0.2, -0.15) is 0 Å². The van der Waals surface area contributed by atoms with Crippen LogP contribution in [0.1, 0.15) is 101 Å². The number of ether oxygens (including phenoxy) is 4. The fourth-order valence-corrected chi connectivity index (χ4v) is 4.10. The van der Waals surface area contributed by atoms with Crippen molar-refractivity contribution in [3.8, 4) is 0 Å². The maximum Gasteiger partial charge on any atom is 0.246 e. The molecule has 10 heteroatoms. The molecule has 0 aliphatic heterocycles. The molecule has 0 aliphatic rings. The average molecular weight is 589 g/mol. The molecule has 0 aromatic rings. The molecule has 0 heterocycles. The summed E-state index contributed by atoms with van der Waals surface area (Å²) in [7, 11) is 3.82. The van der Waals surface area contributed by atoms with Gasteiger partial charge < -0.3 is 40.2 Å². The van der Waals surface area contributed by atoms with Gasteiger partial charge in [0.2, 0.25) is 11.8 Å². The molecule has 10 nitrogen and oxygen atoms in total. The minimum Gasteiger partial charge on any atom is -0.375 e. The Kier molecular flexibility index (Phi) is 19.2. The summed E-state index contributed by atoms with van der Waals surface area (Å²) >= 11 is 0. The van der Waals surface area contributed by atoms with Crippen LogP contribution in [0.4, 0.5) is 0 Å². The van der Waals surface area contributed by atoms with Gasteiger partial charge in [-0.25, -0.2) is 0 Å². The molecule has 4 N–H and O–H groups in total. The van der Waals surface area contributed by atoms with Gasteiger partial charge in [0.1, 0.15) is 12.6 Å². The smallest absolute Gasteiger partial charge is 0.246 e. The second-order valence-electron chi connectivity index (χ2n) is 12.5. The maximum atomic E-state index is 12.6. The summed E-state index contributed by atoms with van der Waals surface area (Å²) in [5.74, 6) is -0.547. The van der Waals surface area contributed by atoms with E-state index in [1.807, 2.05) is 27.9 Å². The molecule has 4 atom stereocenters. The normalized spacial score (nSPS) is 17.2. The van der Waals surface area contributed by atoms with Gasteiger partial charge in [-0.15, -0.1) is 0 Å². The largest absolute Gasteiger partial charge is 0.375 e. The predicted octanol–water partition coefficient (Wildman–Crippen LogP) is 3.57. The Morgan fingerprint density at radius 3 is 1.80 bits per heavy atom. The highest BCUT2D eigenvalue weighted by Gasteiger charge is 2.29. The van der Waals surface area contributed by atoms with Gasteiger partial charge in [0.15, 0.2) is 0 Å². The Morgan fingerprint density at radius 1 is 0.683 bits per heavy atom. The molecule has 0 fully saturated rings. The van der Waals surface area contributed by atoms with Crippen LogP contribution in [-0.2, 0) is 28.5 Å². The Bertz CT molecular complexity index is 739. The lowest BCUT2D eigenvalue weighted by molar-refractivity contribution is -0.138. The topological polar surface area (TPSA) is 119 Å². The van der Waals surface area contributed by atoms with Gasteiger partial charge in [-0.1, -0.05) is 20.8 Å². The SMILES string of the molecule is CCC(C)(CCNC(=O)[C@H](C)NC(=O)COC(C)(CC)CCOC(C)(CC)CNC)OCCC(C)(C)OCCNC. The highest BCUT2D eigenvalue weighted by molar-refractivity contribution is 5.87. The van der Waals surface area contributed by atoms with Crippen LogP contribution in [0.25, 0.3) is 0 Å². The monoisotopic (exact) mass is 588 g/mol. The van der Waals surface area contributed by atoms with E-state index in [-0.39, 0.29) is 35.2 Å². The van der Waals surface area contributed by atoms with Crippen LogP contribution in [0.5, 0.6) is 0 Å². The number of hydrogen-bond donors (Lipinski definition) is 4. The molecule has 3 unspecified atom stereocenters. The van der Waals surface area contributed by atoms with E-state index in [1.165, 1.54) is 0 Å². The van der Waals surface area contributed by atoms with Crippen LogP contribution in [0, 0.1) is 0 Å². The quantitative estimate of drug-likeness (QED) is 0.120. The first-order valence-electron chi connectivity index (χ1n) is 15.5. The minimum absolute atomic E-state index is 0.111. The van der Waals surface area contributed by atoms with E-state index in [9.17, 15) is 9.59 Å². The van der Waals surface area contributed by atoms with Gasteiger partial charge in [0.25, 0.3) is 0 Å². The third kappa shape index (κ3) is 17.4. The number of likely N-dealkylation sites (N-methyl/N-ethyl adjacent to an activating group) is 2. The first-order valence-corrected chi connectivity index (χ1v) is 15.5. The molecule has 0 aliphatic carbocycles. The molecule has 0 saturated heterocycles. The maximum absolute atomic E-state index is 12.6. The second kappa shape index (κ2) is 19.8. The van der Waals surface area contributed by atoms with Crippen molar-refractivity contribution >= 4 is 11.8 Å². The molecule has 2 amide bonds. The van der Waals surface area contributed by atoms with Crippen LogP contribution in [0.3, 0.4) is 0 Å². The molecule has 0 aromatic heterocycles. The highest BCUT2D eigenvalue weighted by Crippen LogP contribution is 2.24. The molecule has 0 aromatic carbocycles. The summed E-state index contributed by atoms with van der Waals surface area (Å²) in [5, 5.41) is 11.9. The Balaban J connectivity index is 4.53. The molecule has 0 rings (SSSR count). The molecule has 0 spiro atoms. The summed E-state index contributed by atoms with van der Waals surface area (Å²) in [6.07, 6.45) is 4.58. The molecule has 0 bridgehead atoms. The number of amides is 2. The third-order valence-electron chi connectivity index (χ3n) is 8.15.